The molecule has 0 spiro atoms. The van der Waals surface area contributed by atoms with Gasteiger partial charge in [-0.25, -0.2) is 4.79 Å². The fourth-order valence-corrected chi connectivity index (χ4v) is 1.81. The van der Waals surface area contributed by atoms with Crippen LogP contribution >= 0.6 is 0 Å². The zero-order chi connectivity index (χ0) is 11.9. The molecule has 0 radical (unpaired) electrons. The molecule has 3 N–H and O–H groups in total. The molecule has 0 aliphatic carbocycles. The summed E-state index contributed by atoms with van der Waals surface area (Å²) >= 11 is 0. The lowest BCUT2D eigenvalue weighted by atomic mass is 10.2. The molecule has 16 heavy (non-hydrogen) atoms. The largest absolute Gasteiger partial charge is 0.326 e. The van der Waals surface area contributed by atoms with Crippen LogP contribution in [0.5, 0.6) is 0 Å². The minimum Gasteiger partial charge on any atom is -0.307 e. The molecule has 0 saturated carbocycles. The Morgan fingerprint density at radius 3 is 2.44 bits per heavy atom. The third-order valence-electron chi connectivity index (χ3n) is 2.01. The Balaban J connectivity index is 2.93. The summed E-state index contributed by atoms with van der Waals surface area (Å²) in [7, 11) is -4.37. The molecule has 7 nitrogen and oxygen atoms in total. The summed E-state index contributed by atoms with van der Waals surface area (Å²) in [6.07, 6.45) is 0. The van der Waals surface area contributed by atoms with E-state index in [0.29, 0.717) is 0 Å². The summed E-state index contributed by atoms with van der Waals surface area (Å²) in [4.78, 5) is 26.1. The molecule has 0 atom stereocenters. The molecule has 0 unspecified atom stereocenters. The van der Waals surface area contributed by atoms with Crippen molar-refractivity contribution in [3.05, 3.63) is 39.0 Å². The van der Waals surface area contributed by atoms with E-state index in [1.807, 2.05) is 4.98 Å². The standard InChI is InChI=1S/C8H6N2O5S/c11-7-5-3-4(16(13,14)15)1-2-6(5)9-8(12)10-7/h1-3H,(H,13,14,15)(H2,9,10,11,12). The van der Waals surface area contributed by atoms with E-state index < -0.39 is 26.3 Å². The summed E-state index contributed by atoms with van der Waals surface area (Å²) in [6, 6.07) is 3.31. The number of fused-ring (bicyclic) bond motifs is 1. The van der Waals surface area contributed by atoms with Gasteiger partial charge in [-0.15, -0.1) is 0 Å². The maximum absolute atomic E-state index is 11.3. The van der Waals surface area contributed by atoms with Crippen LogP contribution in [0.4, 0.5) is 0 Å². The average Bonchev–Trinajstić information content (AvgIpc) is 2.15. The number of aromatic amines is 2. The van der Waals surface area contributed by atoms with Crippen LogP contribution in [0.2, 0.25) is 0 Å². The van der Waals surface area contributed by atoms with Crippen LogP contribution in [-0.2, 0) is 10.1 Å². The zero-order valence-corrected chi connectivity index (χ0v) is 8.54. The smallest absolute Gasteiger partial charge is 0.307 e. The first-order valence-corrected chi connectivity index (χ1v) is 5.56. The van der Waals surface area contributed by atoms with Crippen molar-refractivity contribution in [2.24, 2.45) is 0 Å². The first-order valence-electron chi connectivity index (χ1n) is 4.12. The van der Waals surface area contributed by atoms with Gasteiger partial charge in [-0.1, -0.05) is 0 Å². The SMILES string of the molecule is O=c1[nH]c(=O)c2cc(S(=O)(=O)O)ccc2[nH]1. The van der Waals surface area contributed by atoms with Crippen molar-refractivity contribution < 1.29 is 13.0 Å². The Kier molecular flexibility index (Phi) is 2.17. The van der Waals surface area contributed by atoms with Crippen molar-refractivity contribution in [3.8, 4) is 0 Å². The topological polar surface area (TPSA) is 120 Å². The Labute approximate surface area is 88.5 Å². The van der Waals surface area contributed by atoms with Gasteiger partial charge in [-0.3, -0.25) is 14.3 Å². The van der Waals surface area contributed by atoms with Gasteiger partial charge in [0.25, 0.3) is 15.7 Å². The monoisotopic (exact) mass is 242 g/mol. The van der Waals surface area contributed by atoms with Gasteiger partial charge in [-0.2, -0.15) is 8.42 Å². The van der Waals surface area contributed by atoms with Crippen LogP contribution in [0.1, 0.15) is 0 Å². The molecule has 1 heterocycles. The number of hydrogen-bond donors (Lipinski definition) is 3. The first kappa shape index (κ1) is 10.6. The highest BCUT2D eigenvalue weighted by Gasteiger charge is 2.11. The zero-order valence-electron chi connectivity index (χ0n) is 7.72. The number of H-pyrrole nitrogens is 2. The Morgan fingerprint density at radius 2 is 1.81 bits per heavy atom. The van der Waals surface area contributed by atoms with Gasteiger partial charge < -0.3 is 4.98 Å². The number of hydrogen-bond acceptors (Lipinski definition) is 4. The Hall–Kier alpha value is -1.93. The number of nitrogens with one attached hydrogen (secondary N) is 2. The second-order valence-corrected chi connectivity index (χ2v) is 4.51. The summed E-state index contributed by atoms with van der Waals surface area (Å²) in [5.74, 6) is 0. The molecule has 0 fully saturated rings. The normalized spacial score (nSPS) is 11.8. The van der Waals surface area contributed by atoms with Crippen LogP contribution in [0.25, 0.3) is 10.9 Å². The van der Waals surface area contributed by atoms with Gasteiger partial charge in [0.05, 0.1) is 15.8 Å². The van der Waals surface area contributed by atoms with Gasteiger partial charge in [0, 0.05) is 0 Å². The minimum absolute atomic E-state index is 0.0188. The molecule has 1 aromatic carbocycles. The van der Waals surface area contributed by atoms with E-state index in [1.54, 1.807) is 0 Å². The van der Waals surface area contributed by atoms with E-state index in [0.717, 1.165) is 12.1 Å². The lowest BCUT2D eigenvalue weighted by Crippen LogP contribution is -2.22. The molecule has 0 bridgehead atoms. The van der Waals surface area contributed by atoms with Crippen molar-refractivity contribution in [2.45, 2.75) is 4.90 Å². The second-order valence-electron chi connectivity index (χ2n) is 3.09. The highest BCUT2D eigenvalue weighted by Crippen LogP contribution is 2.13. The predicted octanol–water partition coefficient (Wildman–Crippen LogP) is -0.537. The molecule has 8 heteroatoms. The minimum atomic E-state index is -4.37. The highest BCUT2D eigenvalue weighted by atomic mass is 32.2. The third-order valence-corrected chi connectivity index (χ3v) is 2.86. The number of aromatic nitrogens is 2. The molecule has 0 saturated heterocycles. The van der Waals surface area contributed by atoms with E-state index in [1.165, 1.54) is 6.07 Å². The van der Waals surface area contributed by atoms with Crippen LogP contribution in [0.15, 0.2) is 32.7 Å². The van der Waals surface area contributed by atoms with Gasteiger partial charge >= 0.3 is 5.69 Å². The number of benzene rings is 1. The summed E-state index contributed by atoms with van der Waals surface area (Å²) in [5, 5.41) is -0.0188. The lowest BCUT2D eigenvalue weighted by Gasteiger charge is -1.99. The van der Waals surface area contributed by atoms with Crippen molar-refractivity contribution in [1.29, 1.82) is 0 Å². The van der Waals surface area contributed by atoms with E-state index in [-0.39, 0.29) is 10.9 Å². The fraction of sp³-hybridized carbons (Fsp3) is 0. The fourth-order valence-electron chi connectivity index (χ4n) is 1.30. The summed E-state index contributed by atoms with van der Waals surface area (Å²) in [6.45, 7) is 0. The number of rotatable bonds is 1. The summed E-state index contributed by atoms with van der Waals surface area (Å²) in [5.41, 5.74) is -1.21. The molecular weight excluding hydrogens is 236 g/mol. The molecule has 0 aliphatic heterocycles. The average molecular weight is 242 g/mol. The second kappa shape index (κ2) is 3.29. The maximum atomic E-state index is 11.3. The molecule has 2 rings (SSSR count). The van der Waals surface area contributed by atoms with E-state index >= 15 is 0 Å². The molecule has 0 aliphatic rings. The predicted molar refractivity (Wildman–Crippen MR) is 55.0 cm³/mol. The molecule has 2 aromatic rings. The Morgan fingerprint density at radius 1 is 1.12 bits per heavy atom. The van der Waals surface area contributed by atoms with Crippen LogP contribution in [-0.4, -0.2) is 22.9 Å². The molecule has 1 aromatic heterocycles. The van der Waals surface area contributed by atoms with E-state index in [2.05, 4.69) is 4.98 Å². The van der Waals surface area contributed by atoms with Crippen molar-refractivity contribution in [2.75, 3.05) is 0 Å². The van der Waals surface area contributed by atoms with E-state index in [4.69, 9.17) is 4.55 Å². The van der Waals surface area contributed by atoms with Crippen molar-refractivity contribution >= 4 is 21.0 Å². The van der Waals surface area contributed by atoms with Gasteiger partial charge in [-0.05, 0) is 18.2 Å². The van der Waals surface area contributed by atoms with Gasteiger partial charge in [0.15, 0.2) is 0 Å². The van der Waals surface area contributed by atoms with Gasteiger partial charge in [0.1, 0.15) is 0 Å². The van der Waals surface area contributed by atoms with Crippen molar-refractivity contribution in [3.63, 3.8) is 0 Å². The molecular formula is C8H6N2O5S. The molecule has 0 amide bonds. The first-order chi connectivity index (χ1) is 7.38. The van der Waals surface area contributed by atoms with E-state index in [9.17, 15) is 18.0 Å². The summed E-state index contributed by atoms with van der Waals surface area (Å²) < 4.78 is 30.4. The quantitative estimate of drug-likeness (QED) is 0.580. The third kappa shape index (κ3) is 1.75. The van der Waals surface area contributed by atoms with Crippen molar-refractivity contribution in [1.82, 2.24) is 9.97 Å². The maximum Gasteiger partial charge on any atom is 0.326 e. The van der Waals surface area contributed by atoms with Gasteiger partial charge in [0.2, 0.25) is 0 Å². The van der Waals surface area contributed by atoms with Crippen LogP contribution < -0.4 is 11.2 Å². The highest BCUT2D eigenvalue weighted by molar-refractivity contribution is 7.85. The Bertz CT molecular complexity index is 771. The van der Waals surface area contributed by atoms with Crippen LogP contribution in [0.3, 0.4) is 0 Å². The van der Waals surface area contributed by atoms with Crippen LogP contribution in [0, 0.1) is 0 Å². The lowest BCUT2D eigenvalue weighted by molar-refractivity contribution is 0.483. The molecule has 84 valence electrons.